The van der Waals surface area contributed by atoms with Crippen molar-refractivity contribution >= 4 is 17.5 Å². The van der Waals surface area contributed by atoms with Crippen molar-refractivity contribution < 1.29 is 14.3 Å². The van der Waals surface area contributed by atoms with E-state index in [1.165, 1.54) is 0 Å². The molecule has 128 valence electrons. The minimum Gasteiger partial charge on any atom is -0.497 e. The molecule has 0 saturated carbocycles. The van der Waals surface area contributed by atoms with Crippen LogP contribution in [0.4, 0.5) is 0 Å². The number of carbonyl (C=O) groups is 1. The van der Waals surface area contributed by atoms with E-state index in [1.54, 1.807) is 26.0 Å². The molecule has 0 fully saturated rings. The first-order valence-electron chi connectivity index (χ1n) is 8.08. The van der Waals surface area contributed by atoms with Crippen LogP contribution >= 0.6 is 11.8 Å². The molecule has 2 aromatic carbocycles. The fourth-order valence-electron chi connectivity index (χ4n) is 2.69. The summed E-state index contributed by atoms with van der Waals surface area (Å²) in [5, 5.41) is 0. The van der Waals surface area contributed by atoms with Gasteiger partial charge in [-0.3, -0.25) is 4.79 Å². The van der Waals surface area contributed by atoms with Crippen LogP contribution in [0.1, 0.15) is 36.7 Å². The molecule has 3 nitrogen and oxygen atoms in total. The molecule has 0 saturated heterocycles. The molecule has 4 heteroatoms. The van der Waals surface area contributed by atoms with Crippen LogP contribution in [-0.2, 0) is 5.41 Å². The maximum absolute atomic E-state index is 13.0. The summed E-state index contributed by atoms with van der Waals surface area (Å²) in [5.41, 5.74) is 1.28. The number of hydrogen-bond acceptors (Lipinski definition) is 4. The zero-order chi connectivity index (χ0) is 17.7. The summed E-state index contributed by atoms with van der Waals surface area (Å²) in [4.78, 5) is 14.0. The predicted molar refractivity (Wildman–Crippen MR) is 99.7 cm³/mol. The first-order chi connectivity index (χ1) is 11.6. The first-order valence-corrected chi connectivity index (χ1v) is 9.07. The number of benzene rings is 2. The van der Waals surface area contributed by atoms with Gasteiger partial charge in [0.1, 0.15) is 11.5 Å². The van der Waals surface area contributed by atoms with Gasteiger partial charge in [-0.15, -0.1) is 11.8 Å². The first kappa shape index (κ1) is 18.4. The lowest BCUT2D eigenvalue weighted by atomic mass is 9.77. The van der Waals surface area contributed by atoms with Gasteiger partial charge in [-0.25, -0.2) is 0 Å². The number of rotatable bonds is 3. The standard InChI is InChI=1S/C18H18O3S.C2H6/c1-18(12-4-6-13(20-2)7-5-12)11-22-16-10-14(21-3)8-9-15(16)17(18)19;1-2/h4-10H,11H2,1-3H3;1-2H3. The predicted octanol–water partition coefficient (Wildman–Crippen LogP) is 4.98. The maximum atomic E-state index is 13.0. The van der Waals surface area contributed by atoms with E-state index in [-0.39, 0.29) is 5.78 Å². The van der Waals surface area contributed by atoms with Crippen molar-refractivity contribution in [3.8, 4) is 11.5 Å². The van der Waals surface area contributed by atoms with Crippen molar-refractivity contribution in [3.63, 3.8) is 0 Å². The number of methoxy groups -OCH3 is 2. The zero-order valence-corrected chi connectivity index (χ0v) is 15.7. The molecule has 1 heterocycles. The maximum Gasteiger partial charge on any atom is 0.175 e. The van der Waals surface area contributed by atoms with Gasteiger partial charge in [-0.2, -0.15) is 0 Å². The topological polar surface area (TPSA) is 35.5 Å². The van der Waals surface area contributed by atoms with Crippen molar-refractivity contribution in [3.05, 3.63) is 53.6 Å². The smallest absolute Gasteiger partial charge is 0.175 e. The number of carbonyl (C=O) groups excluding carboxylic acids is 1. The average Bonchev–Trinajstić information content (AvgIpc) is 2.66. The normalized spacial score (nSPS) is 19.0. The van der Waals surface area contributed by atoms with E-state index in [1.807, 2.05) is 63.2 Å². The molecule has 3 rings (SSSR count). The number of ketones is 1. The second-order valence-corrected chi connectivity index (χ2v) is 6.56. The van der Waals surface area contributed by atoms with Gasteiger partial charge in [0, 0.05) is 16.2 Å². The molecule has 0 radical (unpaired) electrons. The Hall–Kier alpha value is -1.94. The highest BCUT2D eigenvalue weighted by Crippen LogP contribution is 2.43. The molecule has 0 bridgehead atoms. The van der Waals surface area contributed by atoms with Crippen LogP contribution < -0.4 is 9.47 Å². The van der Waals surface area contributed by atoms with Crippen LogP contribution in [0.25, 0.3) is 0 Å². The zero-order valence-electron chi connectivity index (χ0n) is 14.9. The van der Waals surface area contributed by atoms with E-state index in [4.69, 9.17) is 9.47 Å². The molecule has 0 amide bonds. The summed E-state index contributed by atoms with van der Waals surface area (Å²) >= 11 is 1.70. The van der Waals surface area contributed by atoms with Crippen molar-refractivity contribution in [2.75, 3.05) is 20.0 Å². The van der Waals surface area contributed by atoms with E-state index < -0.39 is 5.41 Å². The molecule has 1 aliphatic rings. The average molecular weight is 344 g/mol. The summed E-state index contributed by atoms with van der Waals surface area (Å²) in [6.07, 6.45) is 0. The molecule has 0 aromatic heterocycles. The summed E-state index contributed by atoms with van der Waals surface area (Å²) in [6.45, 7) is 6.01. The highest BCUT2D eigenvalue weighted by Gasteiger charge is 2.40. The van der Waals surface area contributed by atoms with E-state index in [0.29, 0.717) is 0 Å². The second-order valence-electron chi connectivity index (χ2n) is 5.54. The van der Waals surface area contributed by atoms with Gasteiger partial charge in [0.2, 0.25) is 0 Å². The minimum absolute atomic E-state index is 0.161. The van der Waals surface area contributed by atoms with E-state index in [2.05, 4.69) is 0 Å². The number of thioether (sulfide) groups is 1. The van der Waals surface area contributed by atoms with Crippen LogP contribution in [0.2, 0.25) is 0 Å². The van der Waals surface area contributed by atoms with Gasteiger partial charge >= 0.3 is 0 Å². The Kier molecular flexibility index (Phi) is 5.94. The largest absolute Gasteiger partial charge is 0.497 e. The van der Waals surface area contributed by atoms with Crippen molar-refractivity contribution in [1.29, 1.82) is 0 Å². The Morgan fingerprint density at radius 1 is 0.958 bits per heavy atom. The molecule has 1 unspecified atom stereocenters. The van der Waals surface area contributed by atoms with Crippen LogP contribution in [0.15, 0.2) is 47.4 Å². The Balaban J connectivity index is 0.00000100. The Labute approximate surface area is 148 Å². The molecule has 1 aliphatic heterocycles. The molecule has 0 aliphatic carbocycles. The molecule has 0 N–H and O–H groups in total. The van der Waals surface area contributed by atoms with E-state index >= 15 is 0 Å². The van der Waals surface area contributed by atoms with E-state index in [0.717, 1.165) is 33.3 Å². The molecular formula is C20H24O3S. The van der Waals surface area contributed by atoms with Crippen LogP contribution in [0.3, 0.4) is 0 Å². The molecule has 0 spiro atoms. The van der Waals surface area contributed by atoms with Gasteiger partial charge in [0.05, 0.1) is 19.6 Å². The Morgan fingerprint density at radius 2 is 1.54 bits per heavy atom. The van der Waals surface area contributed by atoms with E-state index in [9.17, 15) is 4.79 Å². The van der Waals surface area contributed by atoms with Gasteiger partial charge in [-0.05, 0) is 42.8 Å². The lowest BCUT2D eigenvalue weighted by molar-refractivity contribution is 0.0905. The highest BCUT2D eigenvalue weighted by atomic mass is 32.2. The summed E-state index contributed by atoms with van der Waals surface area (Å²) < 4.78 is 10.4. The Morgan fingerprint density at radius 3 is 2.12 bits per heavy atom. The van der Waals surface area contributed by atoms with Crippen LogP contribution in [0, 0.1) is 0 Å². The molecule has 24 heavy (non-hydrogen) atoms. The van der Waals surface area contributed by atoms with Gasteiger partial charge < -0.3 is 9.47 Å². The number of Topliss-reactive ketones (excluding diaryl/α,β-unsaturated/α-hetero) is 1. The van der Waals surface area contributed by atoms with Gasteiger partial charge in [0.25, 0.3) is 0 Å². The van der Waals surface area contributed by atoms with Gasteiger partial charge in [0.15, 0.2) is 5.78 Å². The SMILES string of the molecule is CC.COc1ccc(C2(C)CSc3cc(OC)ccc3C2=O)cc1. The fraction of sp³-hybridized carbons (Fsp3) is 0.350. The molecule has 1 atom stereocenters. The second kappa shape index (κ2) is 7.75. The van der Waals surface area contributed by atoms with Crippen molar-refractivity contribution in [2.45, 2.75) is 31.1 Å². The monoisotopic (exact) mass is 344 g/mol. The quantitative estimate of drug-likeness (QED) is 0.787. The number of ether oxygens (including phenoxy) is 2. The number of hydrogen-bond donors (Lipinski definition) is 0. The van der Waals surface area contributed by atoms with Crippen LogP contribution in [-0.4, -0.2) is 25.8 Å². The van der Waals surface area contributed by atoms with Crippen LogP contribution in [0.5, 0.6) is 11.5 Å². The molecular weight excluding hydrogens is 320 g/mol. The van der Waals surface area contributed by atoms with Crippen molar-refractivity contribution in [2.24, 2.45) is 0 Å². The summed E-state index contributed by atoms with van der Waals surface area (Å²) in [6, 6.07) is 13.4. The lowest BCUT2D eigenvalue weighted by Gasteiger charge is -2.33. The summed E-state index contributed by atoms with van der Waals surface area (Å²) in [5.74, 6) is 2.47. The van der Waals surface area contributed by atoms with Gasteiger partial charge in [-0.1, -0.05) is 26.0 Å². The Bertz CT molecular complexity index is 709. The fourth-order valence-corrected chi connectivity index (χ4v) is 3.95. The third-order valence-corrected chi connectivity index (χ3v) is 5.55. The highest BCUT2D eigenvalue weighted by molar-refractivity contribution is 7.99. The molecule has 2 aromatic rings. The van der Waals surface area contributed by atoms with Crippen molar-refractivity contribution in [1.82, 2.24) is 0 Å². The lowest BCUT2D eigenvalue weighted by Crippen LogP contribution is -2.38. The summed E-state index contributed by atoms with van der Waals surface area (Å²) in [7, 11) is 3.28. The number of fused-ring (bicyclic) bond motifs is 1. The third kappa shape index (κ3) is 3.29. The third-order valence-electron chi connectivity index (χ3n) is 4.18. The minimum atomic E-state index is -0.515.